The molecule has 0 fully saturated rings. The molecule has 5 nitrogen and oxygen atoms in total. The minimum atomic E-state index is -0.550. The fraction of sp³-hybridized carbons (Fsp3) is 0.0714. The van der Waals surface area contributed by atoms with Crippen molar-refractivity contribution in [2.45, 2.75) is 6.92 Å². The third-order valence-electron chi connectivity index (χ3n) is 2.85. The number of carbonyl (C=O) groups is 1. The summed E-state index contributed by atoms with van der Waals surface area (Å²) in [6.45, 7) is 1.83. The predicted molar refractivity (Wildman–Crippen MR) is 84.9 cm³/mol. The van der Waals surface area contributed by atoms with E-state index in [1.165, 1.54) is 18.2 Å². The number of halogens is 2. The van der Waals surface area contributed by atoms with Crippen LogP contribution in [0.4, 0.5) is 11.4 Å². The van der Waals surface area contributed by atoms with Crippen molar-refractivity contribution in [3.63, 3.8) is 0 Å². The van der Waals surface area contributed by atoms with E-state index in [0.717, 1.165) is 5.56 Å². The number of carbonyl (C=O) groups excluding carboxylic acids is 1. The largest absolute Gasteiger partial charge is 0.322 e. The number of nitrogens with one attached hydrogen (secondary N) is 1. The van der Waals surface area contributed by atoms with Crippen LogP contribution < -0.4 is 5.32 Å². The number of aryl methyl sites for hydroxylation is 1. The van der Waals surface area contributed by atoms with E-state index in [1.54, 1.807) is 18.2 Å². The van der Waals surface area contributed by atoms with Gasteiger partial charge in [-0.25, -0.2) is 0 Å². The van der Waals surface area contributed by atoms with Crippen LogP contribution in [0.1, 0.15) is 15.9 Å². The van der Waals surface area contributed by atoms with Gasteiger partial charge in [0.15, 0.2) is 0 Å². The van der Waals surface area contributed by atoms with Crippen LogP contribution in [0.15, 0.2) is 40.9 Å². The molecular formula is C14H10BrClN2O3. The first-order valence-corrected chi connectivity index (χ1v) is 7.07. The molecule has 2 aromatic carbocycles. The minimum absolute atomic E-state index is 0.162. The molecule has 0 saturated heterocycles. The van der Waals surface area contributed by atoms with Gasteiger partial charge in [-0.15, -0.1) is 0 Å². The van der Waals surface area contributed by atoms with E-state index in [-0.39, 0.29) is 11.3 Å². The standard InChI is InChI=1S/C14H10BrClN2O3/c1-8-2-4-10(16)7-12(8)17-14(19)9-3-5-11(15)13(6-9)18(20)21/h2-7H,1H3,(H,17,19). The Morgan fingerprint density at radius 2 is 2.00 bits per heavy atom. The highest BCUT2D eigenvalue weighted by molar-refractivity contribution is 9.10. The number of nitro groups is 1. The summed E-state index contributed by atoms with van der Waals surface area (Å²) in [7, 11) is 0. The van der Waals surface area contributed by atoms with E-state index in [4.69, 9.17) is 11.6 Å². The number of nitrogens with zero attached hydrogens (tertiary/aromatic N) is 1. The van der Waals surface area contributed by atoms with Gasteiger partial charge in [-0.1, -0.05) is 17.7 Å². The zero-order chi connectivity index (χ0) is 15.6. The van der Waals surface area contributed by atoms with Crippen LogP contribution in [0.25, 0.3) is 0 Å². The summed E-state index contributed by atoms with van der Waals surface area (Å²) >= 11 is 8.96. The zero-order valence-electron chi connectivity index (χ0n) is 10.9. The minimum Gasteiger partial charge on any atom is -0.322 e. The Balaban J connectivity index is 2.30. The maximum Gasteiger partial charge on any atom is 0.284 e. The van der Waals surface area contributed by atoms with Gasteiger partial charge in [-0.05, 0) is 52.7 Å². The first kappa shape index (κ1) is 15.5. The Kier molecular flexibility index (Phi) is 4.59. The van der Waals surface area contributed by atoms with Crippen LogP contribution in [0.5, 0.6) is 0 Å². The molecule has 7 heteroatoms. The van der Waals surface area contributed by atoms with Crippen LogP contribution >= 0.6 is 27.5 Å². The molecule has 2 aromatic rings. The Morgan fingerprint density at radius 1 is 1.29 bits per heavy atom. The first-order valence-electron chi connectivity index (χ1n) is 5.90. The number of hydrogen-bond acceptors (Lipinski definition) is 3. The molecule has 21 heavy (non-hydrogen) atoms. The third-order valence-corrected chi connectivity index (χ3v) is 3.76. The lowest BCUT2D eigenvalue weighted by atomic mass is 10.1. The summed E-state index contributed by atoms with van der Waals surface area (Å²) in [5.74, 6) is -0.434. The molecule has 1 amide bonds. The van der Waals surface area contributed by atoms with Crippen molar-refractivity contribution in [1.82, 2.24) is 0 Å². The third kappa shape index (κ3) is 3.59. The van der Waals surface area contributed by atoms with E-state index in [1.807, 2.05) is 6.92 Å². The number of nitro benzene ring substituents is 1. The van der Waals surface area contributed by atoms with E-state index < -0.39 is 10.8 Å². The van der Waals surface area contributed by atoms with Gasteiger partial charge in [0, 0.05) is 22.3 Å². The lowest BCUT2D eigenvalue weighted by molar-refractivity contribution is -0.385. The van der Waals surface area contributed by atoms with Gasteiger partial charge in [-0.3, -0.25) is 14.9 Å². The summed E-state index contributed by atoms with van der Waals surface area (Å²) < 4.78 is 0.322. The highest BCUT2D eigenvalue weighted by atomic mass is 79.9. The quantitative estimate of drug-likeness (QED) is 0.636. The molecule has 0 aliphatic heterocycles. The van der Waals surface area contributed by atoms with Crippen molar-refractivity contribution in [3.05, 3.63) is 67.1 Å². The van der Waals surface area contributed by atoms with Gasteiger partial charge in [0.1, 0.15) is 0 Å². The van der Waals surface area contributed by atoms with Crippen LogP contribution in [-0.2, 0) is 0 Å². The van der Waals surface area contributed by atoms with Crippen LogP contribution in [0.2, 0.25) is 5.02 Å². The number of hydrogen-bond donors (Lipinski definition) is 1. The van der Waals surface area contributed by atoms with Crippen molar-refractivity contribution in [2.75, 3.05) is 5.32 Å². The second kappa shape index (κ2) is 6.24. The fourth-order valence-corrected chi connectivity index (χ4v) is 2.28. The highest BCUT2D eigenvalue weighted by Crippen LogP contribution is 2.26. The van der Waals surface area contributed by atoms with Crippen molar-refractivity contribution in [3.8, 4) is 0 Å². The maximum absolute atomic E-state index is 12.2. The zero-order valence-corrected chi connectivity index (χ0v) is 13.2. The number of amides is 1. The molecule has 0 unspecified atom stereocenters. The topological polar surface area (TPSA) is 72.2 Å². The molecule has 0 heterocycles. The van der Waals surface area contributed by atoms with Gasteiger partial charge in [0.25, 0.3) is 11.6 Å². The number of benzene rings is 2. The molecule has 2 rings (SSSR count). The Bertz CT molecular complexity index is 734. The Hall–Kier alpha value is -1.92. The van der Waals surface area contributed by atoms with Crippen molar-refractivity contribution < 1.29 is 9.72 Å². The monoisotopic (exact) mass is 368 g/mol. The summed E-state index contributed by atoms with van der Waals surface area (Å²) in [5.41, 5.74) is 1.45. The smallest absolute Gasteiger partial charge is 0.284 e. The second-order valence-electron chi connectivity index (χ2n) is 4.34. The second-order valence-corrected chi connectivity index (χ2v) is 5.63. The highest BCUT2D eigenvalue weighted by Gasteiger charge is 2.16. The van der Waals surface area contributed by atoms with Gasteiger partial charge < -0.3 is 5.32 Å². The Morgan fingerprint density at radius 3 is 2.67 bits per heavy atom. The summed E-state index contributed by atoms with van der Waals surface area (Å²) in [6.07, 6.45) is 0. The number of rotatable bonds is 3. The lowest BCUT2D eigenvalue weighted by Gasteiger charge is -2.09. The van der Waals surface area contributed by atoms with Crippen LogP contribution in [-0.4, -0.2) is 10.8 Å². The SMILES string of the molecule is Cc1ccc(Cl)cc1NC(=O)c1ccc(Br)c([N+](=O)[O-])c1. The molecule has 1 N–H and O–H groups in total. The van der Waals surface area contributed by atoms with Gasteiger partial charge in [0.05, 0.1) is 9.40 Å². The average Bonchev–Trinajstić information content (AvgIpc) is 2.43. The number of anilines is 1. The first-order chi connectivity index (χ1) is 9.88. The summed E-state index contributed by atoms with van der Waals surface area (Å²) in [6, 6.07) is 9.32. The fourth-order valence-electron chi connectivity index (χ4n) is 1.72. The molecule has 0 radical (unpaired) electrons. The van der Waals surface area contributed by atoms with Gasteiger partial charge in [-0.2, -0.15) is 0 Å². The van der Waals surface area contributed by atoms with E-state index in [9.17, 15) is 14.9 Å². The molecule has 108 valence electrons. The average molecular weight is 370 g/mol. The van der Waals surface area contributed by atoms with E-state index in [2.05, 4.69) is 21.2 Å². The molecule has 0 aliphatic carbocycles. The van der Waals surface area contributed by atoms with Gasteiger partial charge in [0.2, 0.25) is 0 Å². The molecule has 0 spiro atoms. The summed E-state index contributed by atoms with van der Waals surface area (Å²) in [4.78, 5) is 22.5. The van der Waals surface area contributed by atoms with Crippen molar-refractivity contribution >= 4 is 44.8 Å². The molecule has 0 aliphatic rings. The maximum atomic E-state index is 12.2. The van der Waals surface area contributed by atoms with Crippen molar-refractivity contribution in [2.24, 2.45) is 0 Å². The normalized spacial score (nSPS) is 10.2. The Labute approximate surface area is 134 Å². The van der Waals surface area contributed by atoms with Crippen LogP contribution in [0, 0.1) is 17.0 Å². The van der Waals surface area contributed by atoms with E-state index >= 15 is 0 Å². The lowest BCUT2D eigenvalue weighted by Crippen LogP contribution is -2.13. The molecule has 0 atom stereocenters. The van der Waals surface area contributed by atoms with Gasteiger partial charge >= 0.3 is 0 Å². The predicted octanol–water partition coefficient (Wildman–Crippen LogP) is 4.57. The van der Waals surface area contributed by atoms with E-state index in [0.29, 0.717) is 15.2 Å². The molecule has 0 aromatic heterocycles. The molecular weight excluding hydrogens is 360 g/mol. The summed E-state index contributed by atoms with van der Waals surface area (Å²) in [5, 5.41) is 14.1. The van der Waals surface area contributed by atoms with Crippen molar-refractivity contribution in [1.29, 1.82) is 0 Å². The molecule has 0 saturated carbocycles. The molecule has 0 bridgehead atoms. The van der Waals surface area contributed by atoms with Crippen LogP contribution in [0.3, 0.4) is 0 Å².